The quantitative estimate of drug-likeness (QED) is 0.216. The highest BCUT2D eigenvalue weighted by atomic mass is 127. The van der Waals surface area contributed by atoms with Gasteiger partial charge in [0, 0.05) is 56.2 Å². The average molecular weight is 497 g/mol. The first-order chi connectivity index (χ1) is 13.3. The molecular formula is C21H32IN5O. The van der Waals surface area contributed by atoms with Gasteiger partial charge in [-0.2, -0.15) is 0 Å². The molecule has 0 spiro atoms. The maximum absolute atomic E-state index is 11.6. The van der Waals surface area contributed by atoms with E-state index in [0.29, 0.717) is 12.3 Å². The minimum absolute atomic E-state index is 0. The van der Waals surface area contributed by atoms with E-state index in [2.05, 4.69) is 58.0 Å². The Morgan fingerprint density at radius 3 is 2.89 bits per heavy atom. The van der Waals surface area contributed by atoms with Crippen LogP contribution in [0, 0.1) is 0 Å². The highest BCUT2D eigenvalue weighted by molar-refractivity contribution is 14.0. The minimum atomic E-state index is 0. The lowest BCUT2D eigenvalue weighted by molar-refractivity contribution is -0.127. The zero-order chi connectivity index (χ0) is 18.9. The number of fused-ring (bicyclic) bond motifs is 1. The van der Waals surface area contributed by atoms with Crippen molar-refractivity contribution < 1.29 is 4.79 Å². The number of para-hydroxylation sites is 1. The second-order valence-electron chi connectivity index (χ2n) is 6.99. The summed E-state index contributed by atoms with van der Waals surface area (Å²) < 4.78 is 0. The van der Waals surface area contributed by atoms with Crippen LogP contribution in [0.3, 0.4) is 0 Å². The first kappa shape index (κ1) is 22.5. The predicted octanol–water partition coefficient (Wildman–Crippen LogP) is 3.29. The first-order valence-electron chi connectivity index (χ1n) is 10.1. The van der Waals surface area contributed by atoms with Gasteiger partial charge in [-0.05, 0) is 44.2 Å². The Kier molecular flexibility index (Phi) is 9.60. The number of nitrogens with zero attached hydrogens (tertiary/aromatic N) is 2. The number of guanidine groups is 1. The molecule has 0 unspecified atom stereocenters. The highest BCUT2D eigenvalue weighted by Crippen LogP contribution is 2.18. The number of aryl methyl sites for hydroxylation is 1. The number of benzene rings is 1. The van der Waals surface area contributed by atoms with Gasteiger partial charge in [0.05, 0.1) is 0 Å². The zero-order valence-electron chi connectivity index (χ0n) is 16.7. The van der Waals surface area contributed by atoms with Crippen LogP contribution >= 0.6 is 24.0 Å². The van der Waals surface area contributed by atoms with Gasteiger partial charge in [0.1, 0.15) is 0 Å². The Bertz CT molecular complexity index is 773. The summed E-state index contributed by atoms with van der Waals surface area (Å²) in [4.78, 5) is 21.5. The molecular weight excluding hydrogens is 465 g/mol. The predicted molar refractivity (Wildman–Crippen MR) is 126 cm³/mol. The fourth-order valence-electron chi connectivity index (χ4n) is 3.56. The molecule has 1 saturated heterocycles. The molecule has 2 aromatic rings. The van der Waals surface area contributed by atoms with E-state index in [-0.39, 0.29) is 24.0 Å². The van der Waals surface area contributed by atoms with Crippen molar-refractivity contribution in [3.05, 3.63) is 36.0 Å². The van der Waals surface area contributed by atoms with Crippen LogP contribution < -0.4 is 10.6 Å². The molecule has 6 nitrogen and oxygen atoms in total. The van der Waals surface area contributed by atoms with Crippen LogP contribution in [0.1, 0.15) is 38.2 Å². The lowest BCUT2D eigenvalue weighted by Crippen LogP contribution is -2.38. The van der Waals surface area contributed by atoms with Gasteiger partial charge in [-0.15, -0.1) is 24.0 Å². The van der Waals surface area contributed by atoms with E-state index >= 15 is 0 Å². The summed E-state index contributed by atoms with van der Waals surface area (Å²) >= 11 is 0. The summed E-state index contributed by atoms with van der Waals surface area (Å²) in [6.07, 6.45) is 6.83. The molecule has 28 heavy (non-hydrogen) atoms. The minimum Gasteiger partial charge on any atom is -0.361 e. The molecule has 1 aromatic heterocycles. The number of aromatic nitrogens is 1. The van der Waals surface area contributed by atoms with E-state index in [1.54, 1.807) is 0 Å². The molecule has 0 aliphatic carbocycles. The maximum Gasteiger partial charge on any atom is 0.222 e. The van der Waals surface area contributed by atoms with Crippen LogP contribution in [-0.4, -0.2) is 54.5 Å². The van der Waals surface area contributed by atoms with Crippen LogP contribution in [-0.2, 0) is 11.2 Å². The Hall–Kier alpha value is -1.77. The molecule has 0 radical (unpaired) electrons. The zero-order valence-corrected chi connectivity index (χ0v) is 19.0. The molecule has 1 fully saturated rings. The van der Waals surface area contributed by atoms with Gasteiger partial charge >= 0.3 is 0 Å². The average Bonchev–Trinajstić information content (AvgIpc) is 3.28. The van der Waals surface area contributed by atoms with Crippen molar-refractivity contribution in [2.75, 3.05) is 32.7 Å². The third-order valence-corrected chi connectivity index (χ3v) is 4.96. The number of hydrogen-bond donors (Lipinski definition) is 3. The normalized spacial score (nSPS) is 14.4. The molecule has 7 heteroatoms. The standard InChI is InChI=1S/C21H31N5O.HI/c1-2-22-21(24-13-7-15-26-14-6-11-20(26)27)23-12-5-8-17-16-25-19-10-4-3-9-18(17)19;/h3-4,9-10,16,25H,2,5-8,11-15H2,1H3,(H2,22,23,24);1H. The summed E-state index contributed by atoms with van der Waals surface area (Å²) in [6.45, 7) is 6.28. The van der Waals surface area contributed by atoms with Crippen molar-refractivity contribution in [2.24, 2.45) is 4.99 Å². The molecule has 1 aliphatic heterocycles. The molecule has 1 aromatic carbocycles. The van der Waals surface area contributed by atoms with E-state index < -0.39 is 0 Å². The smallest absolute Gasteiger partial charge is 0.222 e. The topological polar surface area (TPSA) is 72.5 Å². The molecule has 1 amide bonds. The number of nitrogens with one attached hydrogen (secondary N) is 3. The van der Waals surface area contributed by atoms with Gasteiger partial charge in [0.25, 0.3) is 0 Å². The summed E-state index contributed by atoms with van der Waals surface area (Å²) in [5.74, 6) is 1.16. The van der Waals surface area contributed by atoms with Gasteiger partial charge in [0.15, 0.2) is 5.96 Å². The van der Waals surface area contributed by atoms with Crippen molar-refractivity contribution in [3.63, 3.8) is 0 Å². The first-order valence-corrected chi connectivity index (χ1v) is 10.1. The summed E-state index contributed by atoms with van der Waals surface area (Å²) in [5.41, 5.74) is 2.57. The van der Waals surface area contributed by atoms with Crippen LogP contribution in [0.15, 0.2) is 35.5 Å². The number of hydrogen-bond acceptors (Lipinski definition) is 2. The van der Waals surface area contributed by atoms with Gasteiger partial charge in [0.2, 0.25) is 5.91 Å². The van der Waals surface area contributed by atoms with E-state index in [1.165, 1.54) is 16.5 Å². The van der Waals surface area contributed by atoms with Gasteiger partial charge in [-0.25, -0.2) is 0 Å². The number of amides is 1. The van der Waals surface area contributed by atoms with Gasteiger partial charge in [-0.1, -0.05) is 18.2 Å². The molecule has 0 bridgehead atoms. The lowest BCUT2D eigenvalue weighted by atomic mass is 10.1. The van der Waals surface area contributed by atoms with E-state index in [9.17, 15) is 4.79 Å². The number of aromatic amines is 1. The Labute approximate surface area is 184 Å². The molecule has 3 N–H and O–H groups in total. The van der Waals surface area contributed by atoms with Gasteiger partial charge in [-0.3, -0.25) is 9.79 Å². The third kappa shape index (κ3) is 6.39. The molecule has 2 heterocycles. The number of H-pyrrole nitrogens is 1. The molecule has 0 atom stereocenters. The van der Waals surface area contributed by atoms with Crippen molar-refractivity contribution in [1.29, 1.82) is 0 Å². The third-order valence-electron chi connectivity index (χ3n) is 4.96. The largest absolute Gasteiger partial charge is 0.361 e. The molecule has 1 aliphatic rings. The fourth-order valence-corrected chi connectivity index (χ4v) is 3.56. The number of likely N-dealkylation sites (tertiary alicyclic amines) is 1. The summed E-state index contributed by atoms with van der Waals surface area (Å²) in [5, 5.41) is 8.03. The monoisotopic (exact) mass is 497 g/mol. The molecule has 0 saturated carbocycles. The van der Waals surface area contributed by atoms with Crippen LogP contribution in [0.4, 0.5) is 0 Å². The van der Waals surface area contributed by atoms with Crippen molar-refractivity contribution in [1.82, 2.24) is 20.5 Å². The van der Waals surface area contributed by atoms with E-state index in [4.69, 9.17) is 0 Å². The Morgan fingerprint density at radius 1 is 1.25 bits per heavy atom. The number of halogens is 1. The summed E-state index contributed by atoms with van der Waals surface area (Å²) in [7, 11) is 0. The maximum atomic E-state index is 11.6. The molecule has 154 valence electrons. The number of carbonyl (C=O) groups is 1. The fraction of sp³-hybridized carbons (Fsp3) is 0.524. The van der Waals surface area contributed by atoms with Crippen LogP contribution in [0.25, 0.3) is 10.9 Å². The van der Waals surface area contributed by atoms with Crippen molar-refractivity contribution in [3.8, 4) is 0 Å². The SMILES string of the molecule is CCNC(=NCCCN1CCCC1=O)NCCCc1c[nH]c2ccccc12.I. The second-order valence-corrected chi connectivity index (χ2v) is 6.99. The van der Waals surface area contributed by atoms with Crippen molar-refractivity contribution >= 4 is 46.7 Å². The van der Waals surface area contributed by atoms with Crippen LogP contribution in [0.5, 0.6) is 0 Å². The lowest BCUT2D eigenvalue weighted by Gasteiger charge is -2.15. The highest BCUT2D eigenvalue weighted by Gasteiger charge is 2.18. The Morgan fingerprint density at radius 2 is 2.11 bits per heavy atom. The second kappa shape index (κ2) is 11.9. The number of carbonyl (C=O) groups excluding carboxylic acids is 1. The van der Waals surface area contributed by atoms with Crippen LogP contribution in [0.2, 0.25) is 0 Å². The number of aliphatic imine (C=N–C) groups is 1. The van der Waals surface area contributed by atoms with Crippen molar-refractivity contribution in [2.45, 2.75) is 39.0 Å². The number of rotatable bonds is 9. The Balaban J connectivity index is 0.00000280. The van der Waals surface area contributed by atoms with E-state index in [1.807, 2.05) is 4.90 Å². The molecule has 3 rings (SSSR count). The van der Waals surface area contributed by atoms with E-state index in [0.717, 1.165) is 64.4 Å². The summed E-state index contributed by atoms with van der Waals surface area (Å²) in [6, 6.07) is 8.43. The van der Waals surface area contributed by atoms with Gasteiger partial charge < -0.3 is 20.5 Å².